The average Bonchev–Trinajstić information content (AvgIpc) is 3.03. The molecule has 1 N–H and O–H groups in total. The average molecular weight is 293 g/mol. The summed E-state index contributed by atoms with van der Waals surface area (Å²) >= 11 is 6.15. The van der Waals surface area contributed by atoms with Crippen molar-refractivity contribution in [2.24, 2.45) is 0 Å². The van der Waals surface area contributed by atoms with Crippen LogP contribution in [0.4, 0.5) is 0 Å². The van der Waals surface area contributed by atoms with Gasteiger partial charge in [-0.1, -0.05) is 11.6 Å². The Bertz CT molecular complexity index is 624. The molecule has 0 saturated carbocycles. The molecule has 5 heteroatoms. The highest BCUT2D eigenvalue weighted by Crippen LogP contribution is 2.33. The Hall–Kier alpha value is -1.52. The normalized spacial score (nSPS) is 14.9. The van der Waals surface area contributed by atoms with Gasteiger partial charge in [-0.2, -0.15) is 0 Å². The second kappa shape index (κ2) is 5.46. The number of halogens is 1. The number of ether oxygens (including phenoxy) is 1. The Morgan fingerprint density at radius 3 is 3.05 bits per heavy atom. The van der Waals surface area contributed by atoms with E-state index < -0.39 is 0 Å². The Kier molecular flexibility index (Phi) is 3.68. The first-order valence-corrected chi connectivity index (χ1v) is 7.11. The van der Waals surface area contributed by atoms with E-state index >= 15 is 0 Å². The van der Waals surface area contributed by atoms with Crippen molar-refractivity contribution in [3.05, 3.63) is 46.1 Å². The summed E-state index contributed by atoms with van der Waals surface area (Å²) in [5.41, 5.74) is 2.27. The maximum atomic E-state index is 6.15. The van der Waals surface area contributed by atoms with Crippen LogP contribution in [-0.2, 0) is 13.0 Å². The van der Waals surface area contributed by atoms with Crippen LogP contribution in [0.2, 0.25) is 5.02 Å². The number of hydrogen-bond acceptors (Lipinski definition) is 4. The molecule has 20 heavy (non-hydrogen) atoms. The molecule has 0 bridgehead atoms. The summed E-state index contributed by atoms with van der Waals surface area (Å²) in [7, 11) is 0. The van der Waals surface area contributed by atoms with Gasteiger partial charge in [0, 0.05) is 23.6 Å². The van der Waals surface area contributed by atoms with E-state index in [9.17, 15) is 0 Å². The topological polar surface area (TPSA) is 47.3 Å². The number of rotatable bonds is 4. The predicted octanol–water partition coefficient (Wildman–Crippen LogP) is 3.42. The van der Waals surface area contributed by atoms with E-state index in [1.807, 2.05) is 26.0 Å². The van der Waals surface area contributed by atoms with Gasteiger partial charge in [-0.25, -0.2) is 4.98 Å². The number of aryl methyl sites for hydroxylation is 1. The lowest BCUT2D eigenvalue weighted by Gasteiger charge is -2.13. The molecule has 1 atom stereocenters. The van der Waals surface area contributed by atoms with E-state index in [0.717, 1.165) is 35.1 Å². The van der Waals surface area contributed by atoms with Crippen molar-refractivity contribution >= 4 is 11.6 Å². The quantitative estimate of drug-likeness (QED) is 0.938. The first kappa shape index (κ1) is 13.5. The van der Waals surface area contributed by atoms with Gasteiger partial charge in [0.1, 0.15) is 11.5 Å². The molecule has 1 aromatic heterocycles. The minimum Gasteiger partial charge on any atom is -0.493 e. The van der Waals surface area contributed by atoms with Crippen LogP contribution >= 0.6 is 11.6 Å². The number of oxazole rings is 1. The van der Waals surface area contributed by atoms with Crippen molar-refractivity contribution in [1.29, 1.82) is 0 Å². The molecule has 1 aliphatic rings. The number of benzene rings is 1. The Morgan fingerprint density at radius 1 is 1.45 bits per heavy atom. The van der Waals surface area contributed by atoms with Gasteiger partial charge in [-0.3, -0.25) is 0 Å². The Morgan fingerprint density at radius 2 is 2.30 bits per heavy atom. The fourth-order valence-corrected chi connectivity index (χ4v) is 2.66. The van der Waals surface area contributed by atoms with Crippen LogP contribution in [0.1, 0.15) is 35.7 Å². The van der Waals surface area contributed by atoms with Crippen LogP contribution in [0.3, 0.4) is 0 Å². The monoisotopic (exact) mass is 292 g/mol. The summed E-state index contributed by atoms with van der Waals surface area (Å²) in [6.07, 6.45) is 2.66. The van der Waals surface area contributed by atoms with Crippen molar-refractivity contribution in [2.75, 3.05) is 6.61 Å². The summed E-state index contributed by atoms with van der Waals surface area (Å²) in [5, 5.41) is 4.15. The molecule has 0 aliphatic carbocycles. The summed E-state index contributed by atoms with van der Waals surface area (Å²) in [6, 6.07) is 3.97. The summed E-state index contributed by atoms with van der Waals surface area (Å²) in [5.74, 6) is 2.49. The van der Waals surface area contributed by atoms with Gasteiger partial charge >= 0.3 is 0 Å². The van der Waals surface area contributed by atoms with E-state index in [1.165, 1.54) is 5.56 Å². The molecule has 4 nitrogen and oxygen atoms in total. The molecule has 1 unspecified atom stereocenters. The van der Waals surface area contributed by atoms with Gasteiger partial charge in [0.15, 0.2) is 0 Å². The summed E-state index contributed by atoms with van der Waals surface area (Å²) < 4.78 is 11.2. The van der Waals surface area contributed by atoms with E-state index in [4.69, 9.17) is 20.8 Å². The summed E-state index contributed by atoms with van der Waals surface area (Å²) in [4.78, 5) is 4.23. The predicted molar refractivity (Wildman–Crippen MR) is 77.1 cm³/mol. The fourth-order valence-electron chi connectivity index (χ4n) is 2.40. The second-order valence-electron chi connectivity index (χ2n) is 5.06. The zero-order chi connectivity index (χ0) is 14.1. The van der Waals surface area contributed by atoms with Crippen molar-refractivity contribution in [3.8, 4) is 5.75 Å². The standard InChI is InChI=1S/C15H17ClN2O2/c1-9-7-18-15(20-9)10(2)17-8-12-6-13(16)5-11-3-4-19-14(11)12/h5-7,10,17H,3-4,8H2,1-2H3. The minimum absolute atomic E-state index is 0.0414. The SMILES string of the molecule is Cc1cnc(C(C)NCc2cc(Cl)cc3c2OCC3)o1. The van der Waals surface area contributed by atoms with Crippen molar-refractivity contribution < 1.29 is 9.15 Å². The second-order valence-corrected chi connectivity index (χ2v) is 5.50. The lowest BCUT2D eigenvalue weighted by molar-refractivity contribution is 0.349. The van der Waals surface area contributed by atoms with Gasteiger partial charge in [0.2, 0.25) is 5.89 Å². The number of hydrogen-bond donors (Lipinski definition) is 1. The lowest BCUT2D eigenvalue weighted by atomic mass is 10.1. The molecule has 1 aromatic carbocycles. The van der Waals surface area contributed by atoms with Gasteiger partial charge in [-0.05, 0) is 31.5 Å². The number of nitrogens with one attached hydrogen (secondary N) is 1. The largest absolute Gasteiger partial charge is 0.493 e. The fraction of sp³-hybridized carbons (Fsp3) is 0.400. The Balaban J connectivity index is 1.73. The molecular weight excluding hydrogens is 276 g/mol. The van der Waals surface area contributed by atoms with Crippen molar-refractivity contribution in [1.82, 2.24) is 10.3 Å². The van der Waals surface area contributed by atoms with E-state index in [1.54, 1.807) is 6.20 Å². The molecule has 2 aromatic rings. The maximum absolute atomic E-state index is 6.15. The van der Waals surface area contributed by atoms with Gasteiger partial charge in [-0.15, -0.1) is 0 Å². The third-order valence-corrected chi connectivity index (χ3v) is 3.65. The highest BCUT2D eigenvalue weighted by Gasteiger charge is 2.18. The third kappa shape index (κ3) is 2.67. The molecule has 0 radical (unpaired) electrons. The van der Waals surface area contributed by atoms with Crippen LogP contribution in [0.5, 0.6) is 5.75 Å². The lowest BCUT2D eigenvalue weighted by Crippen LogP contribution is -2.18. The van der Waals surface area contributed by atoms with E-state index in [-0.39, 0.29) is 6.04 Å². The van der Waals surface area contributed by atoms with Crippen LogP contribution in [0.25, 0.3) is 0 Å². The van der Waals surface area contributed by atoms with E-state index in [2.05, 4.69) is 10.3 Å². The molecule has 1 aliphatic heterocycles. The molecule has 0 saturated heterocycles. The zero-order valence-corrected chi connectivity index (χ0v) is 12.3. The van der Waals surface area contributed by atoms with Crippen molar-refractivity contribution in [2.45, 2.75) is 32.9 Å². The molecular formula is C15H17ClN2O2. The smallest absolute Gasteiger partial charge is 0.211 e. The van der Waals surface area contributed by atoms with Crippen LogP contribution < -0.4 is 10.1 Å². The first-order chi connectivity index (χ1) is 9.63. The van der Waals surface area contributed by atoms with Crippen LogP contribution in [-0.4, -0.2) is 11.6 Å². The highest BCUT2D eigenvalue weighted by molar-refractivity contribution is 6.30. The maximum Gasteiger partial charge on any atom is 0.211 e. The minimum atomic E-state index is 0.0414. The van der Waals surface area contributed by atoms with Gasteiger partial charge in [0.25, 0.3) is 0 Å². The summed E-state index contributed by atoms with van der Waals surface area (Å²) in [6.45, 7) is 5.32. The Labute approximate surface area is 123 Å². The molecule has 0 amide bonds. The first-order valence-electron chi connectivity index (χ1n) is 6.73. The molecule has 2 heterocycles. The molecule has 3 rings (SSSR count). The van der Waals surface area contributed by atoms with Gasteiger partial charge in [0.05, 0.1) is 18.8 Å². The molecule has 0 fully saturated rings. The van der Waals surface area contributed by atoms with Crippen molar-refractivity contribution in [3.63, 3.8) is 0 Å². The molecule has 106 valence electrons. The third-order valence-electron chi connectivity index (χ3n) is 3.43. The highest BCUT2D eigenvalue weighted by atomic mass is 35.5. The van der Waals surface area contributed by atoms with Gasteiger partial charge < -0.3 is 14.5 Å². The molecule has 0 spiro atoms. The zero-order valence-electron chi connectivity index (χ0n) is 11.6. The van der Waals surface area contributed by atoms with Crippen LogP contribution in [0, 0.1) is 6.92 Å². The van der Waals surface area contributed by atoms with E-state index in [0.29, 0.717) is 12.4 Å². The number of fused-ring (bicyclic) bond motifs is 1. The number of nitrogens with zero attached hydrogens (tertiary/aromatic N) is 1. The van der Waals surface area contributed by atoms with Crippen LogP contribution in [0.15, 0.2) is 22.7 Å². The number of aromatic nitrogens is 1.